The number of hydrogen-bond donors (Lipinski definition) is 1. The minimum atomic E-state index is -0.160. The number of amides is 1. The van der Waals surface area contributed by atoms with Crippen molar-refractivity contribution in [2.24, 2.45) is 0 Å². The van der Waals surface area contributed by atoms with Crippen molar-refractivity contribution in [3.8, 4) is 5.75 Å². The summed E-state index contributed by atoms with van der Waals surface area (Å²) in [6.07, 6.45) is 7.45. The van der Waals surface area contributed by atoms with E-state index in [-0.39, 0.29) is 5.91 Å². The Hall–Kier alpha value is -3.40. The van der Waals surface area contributed by atoms with E-state index < -0.39 is 0 Å². The lowest BCUT2D eigenvalue weighted by molar-refractivity contribution is 0.102. The first-order valence-corrected chi connectivity index (χ1v) is 7.89. The molecule has 3 rings (SSSR count). The molecule has 0 fully saturated rings. The smallest absolute Gasteiger partial charge is 0.255 e. The molecular weight excluding hydrogens is 312 g/mol. The Bertz CT molecular complexity index is 872. The predicted molar refractivity (Wildman–Crippen MR) is 101 cm³/mol. The molecule has 0 saturated heterocycles. The van der Waals surface area contributed by atoms with Crippen molar-refractivity contribution in [2.45, 2.75) is 0 Å². The van der Waals surface area contributed by atoms with Crippen molar-refractivity contribution in [3.63, 3.8) is 0 Å². The Morgan fingerprint density at radius 1 is 0.960 bits per heavy atom. The molecule has 0 bridgehead atoms. The monoisotopic (exact) mass is 330 g/mol. The number of anilines is 1. The Morgan fingerprint density at radius 3 is 2.40 bits per heavy atom. The van der Waals surface area contributed by atoms with Gasteiger partial charge in [-0.15, -0.1) is 0 Å². The van der Waals surface area contributed by atoms with Crippen molar-refractivity contribution < 1.29 is 9.53 Å². The lowest BCUT2D eigenvalue weighted by Crippen LogP contribution is -2.12. The number of benzene rings is 2. The summed E-state index contributed by atoms with van der Waals surface area (Å²) in [6.45, 7) is 0. The third-order valence-corrected chi connectivity index (χ3v) is 3.72. The van der Waals surface area contributed by atoms with Crippen molar-refractivity contribution in [2.75, 3.05) is 12.4 Å². The molecule has 4 heteroatoms. The van der Waals surface area contributed by atoms with E-state index >= 15 is 0 Å². The molecule has 0 unspecified atom stereocenters. The molecule has 0 atom stereocenters. The molecule has 1 heterocycles. The number of ether oxygens (including phenoxy) is 1. The number of carbonyl (C=O) groups is 1. The molecular formula is C21H18N2O2. The number of aromatic nitrogens is 1. The van der Waals surface area contributed by atoms with Gasteiger partial charge in [-0.1, -0.05) is 30.4 Å². The Kier molecular flexibility index (Phi) is 5.22. The van der Waals surface area contributed by atoms with E-state index in [9.17, 15) is 4.79 Å². The third kappa shape index (κ3) is 4.32. The minimum Gasteiger partial charge on any atom is -0.497 e. The van der Waals surface area contributed by atoms with Crippen molar-refractivity contribution in [1.29, 1.82) is 0 Å². The number of pyridine rings is 1. The summed E-state index contributed by atoms with van der Waals surface area (Å²) >= 11 is 0. The van der Waals surface area contributed by atoms with Crippen LogP contribution in [0.25, 0.3) is 12.2 Å². The molecule has 1 aromatic heterocycles. The maximum atomic E-state index is 12.5. The zero-order valence-electron chi connectivity index (χ0n) is 13.8. The highest BCUT2D eigenvalue weighted by molar-refractivity contribution is 6.05. The molecule has 0 aliphatic carbocycles. The first-order valence-electron chi connectivity index (χ1n) is 7.89. The number of nitrogens with zero attached hydrogens (tertiary/aromatic N) is 1. The van der Waals surface area contributed by atoms with Crippen molar-refractivity contribution in [3.05, 3.63) is 89.7 Å². The fourth-order valence-electron chi connectivity index (χ4n) is 2.35. The van der Waals surface area contributed by atoms with Gasteiger partial charge in [-0.3, -0.25) is 9.78 Å². The molecule has 4 nitrogen and oxygen atoms in total. The van der Waals surface area contributed by atoms with Crippen LogP contribution in [0.1, 0.15) is 21.5 Å². The second-order valence-electron chi connectivity index (χ2n) is 5.38. The summed E-state index contributed by atoms with van der Waals surface area (Å²) in [7, 11) is 1.60. The molecule has 3 aromatic rings. The maximum Gasteiger partial charge on any atom is 0.255 e. The van der Waals surface area contributed by atoms with Crippen LogP contribution in [0.5, 0.6) is 5.75 Å². The van der Waals surface area contributed by atoms with Crippen molar-refractivity contribution in [1.82, 2.24) is 4.98 Å². The van der Waals surface area contributed by atoms with E-state index in [1.807, 2.05) is 48.6 Å². The Balaban J connectivity index is 1.78. The van der Waals surface area contributed by atoms with Gasteiger partial charge in [0.15, 0.2) is 0 Å². The van der Waals surface area contributed by atoms with Gasteiger partial charge in [0.05, 0.1) is 7.11 Å². The lowest BCUT2D eigenvalue weighted by Gasteiger charge is -2.09. The normalized spacial score (nSPS) is 10.6. The van der Waals surface area contributed by atoms with E-state index in [1.165, 1.54) is 0 Å². The number of nitrogens with one attached hydrogen (secondary N) is 1. The van der Waals surface area contributed by atoms with Gasteiger partial charge in [0.2, 0.25) is 0 Å². The molecule has 0 radical (unpaired) electrons. The second-order valence-corrected chi connectivity index (χ2v) is 5.38. The van der Waals surface area contributed by atoms with E-state index in [0.717, 1.165) is 22.6 Å². The van der Waals surface area contributed by atoms with Gasteiger partial charge in [-0.2, -0.15) is 0 Å². The molecule has 1 N–H and O–H groups in total. The van der Waals surface area contributed by atoms with E-state index in [4.69, 9.17) is 4.74 Å². The first kappa shape index (κ1) is 16.5. The SMILES string of the molecule is COc1ccc(C(=O)Nc2ccccc2/C=C/c2ccncc2)cc1. The molecule has 124 valence electrons. The van der Waals surface area contributed by atoms with Gasteiger partial charge in [-0.25, -0.2) is 0 Å². The van der Waals surface area contributed by atoms with Crippen LogP contribution < -0.4 is 10.1 Å². The number of para-hydroxylation sites is 1. The van der Waals surface area contributed by atoms with Crippen LogP contribution >= 0.6 is 0 Å². The van der Waals surface area contributed by atoms with Gasteiger partial charge in [0.25, 0.3) is 5.91 Å². The molecule has 0 saturated carbocycles. The van der Waals surface area contributed by atoms with Crippen LogP contribution in [0, 0.1) is 0 Å². The van der Waals surface area contributed by atoms with Crippen LogP contribution in [0.15, 0.2) is 73.1 Å². The molecule has 0 spiro atoms. The lowest BCUT2D eigenvalue weighted by atomic mass is 10.1. The summed E-state index contributed by atoms with van der Waals surface area (Å²) in [5.74, 6) is 0.560. The molecule has 1 amide bonds. The van der Waals surface area contributed by atoms with Gasteiger partial charge in [0, 0.05) is 23.6 Å². The van der Waals surface area contributed by atoms with E-state index in [0.29, 0.717) is 5.56 Å². The number of carbonyl (C=O) groups excluding carboxylic acids is 1. The van der Waals surface area contributed by atoms with Gasteiger partial charge < -0.3 is 10.1 Å². The van der Waals surface area contributed by atoms with Crippen LogP contribution in [0.3, 0.4) is 0 Å². The quantitative estimate of drug-likeness (QED) is 0.748. The molecule has 2 aromatic carbocycles. The van der Waals surface area contributed by atoms with Crippen LogP contribution in [0.2, 0.25) is 0 Å². The zero-order chi connectivity index (χ0) is 17.5. The van der Waals surface area contributed by atoms with Crippen LogP contribution in [0.4, 0.5) is 5.69 Å². The zero-order valence-corrected chi connectivity index (χ0v) is 13.8. The van der Waals surface area contributed by atoms with Gasteiger partial charge >= 0.3 is 0 Å². The third-order valence-electron chi connectivity index (χ3n) is 3.72. The largest absolute Gasteiger partial charge is 0.497 e. The van der Waals surface area contributed by atoms with E-state index in [2.05, 4.69) is 10.3 Å². The Morgan fingerprint density at radius 2 is 1.68 bits per heavy atom. The first-order chi connectivity index (χ1) is 12.3. The summed E-state index contributed by atoms with van der Waals surface area (Å²) in [5.41, 5.74) is 3.31. The predicted octanol–water partition coefficient (Wildman–Crippen LogP) is 4.51. The number of hydrogen-bond acceptors (Lipinski definition) is 3. The van der Waals surface area contributed by atoms with Gasteiger partial charge in [-0.05, 0) is 53.6 Å². The summed E-state index contributed by atoms with van der Waals surface area (Å²) in [4.78, 5) is 16.5. The highest BCUT2D eigenvalue weighted by Crippen LogP contribution is 2.20. The fourth-order valence-corrected chi connectivity index (χ4v) is 2.35. The second kappa shape index (κ2) is 7.93. The maximum absolute atomic E-state index is 12.5. The number of rotatable bonds is 5. The summed E-state index contributed by atoms with van der Waals surface area (Å²) in [6, 6.07) is 18.5. The highest BCUT2D eigenvalue weighted by Gasteiger charge is 2.08. The molecule has 0 aliphatic rings. The molecule has 0 aliphatic heterocycles. The summed E-state index contributed by atoms with van der Waals surface area (Å²) < 4.78 is 5.12. The van der Waals surface area contributed by atoms with Gasteiger partial charge in [0.1, 0.15) is 5.75 Å². The van der Waals surface area contributed by atoms with Crippen molar-refractivity contribution >= 4 is 23.7 Å². The average molecular weight is 330 g/mol. The standard InChI is InChI=1S/C21H18N2O2/c1-25-19-10-8-18(9-11-19)21(24)23-20-5-3-2-4-17(20)7-6-16-12-14-22-15-13-16/h2-15H,1H3,(H,23,24)/b7-6+. The topological polar surface area (TPSA) is 51.2 Å². The molecule has 25 heavy (non-hydrogen) atoms. The Labute approximate surface area is 146 Å². The summed E-state index contributed by atoms with van der Waals surface area (Å²) in [5, 5.41) is 2.96. The van der Waals surface area contributed by atoms with E-state index in [1.54, 1.807) is 43.8 Å². The fraction of sp³-hybridized carbons (Fsp3) is 0.0476. The highest BCUT2D eigenvalue weighted by atomic mass is 16.5. The number of methoxy groups -OCH3 is 1. The van der Waals surface area contributed by atoms with Crippen LogP contribution in [-0.2, 0) is 0 Å². The minimum absolute atomic E-state index is 0.160. The van der Waals surface area contributed by atoms with Crippen LogP contribution in [-0.4, -0.2) is 18.0 Å². The average Bonchev–Trinajstić information content (AvgIpc) is 2.68.